The van der Waals surface area contributed by atoms with Crippen LogP contribution in [0.3, 0.4) is 0 Å². The third-order valence-electron chi connectivity index (χ3n) is 10.2. The molecule has 3 heterocycles. The topological polar surface area (TPSA) is 125 Å². The number of hydrogen-bond donors (Lipinski definition) is 2. The van der Waals surface area contributed by atoms with Crippen LogP contribution >= 0.6 is 15.9 Å². The Morgan fingerprint density at radius 3 is 2.53 bits per heavy atom. The molecule has 49 heavy (non-hydrogen) atoms. The number of alkyl halides is 1. The number of amides is 3. The fourth-order valence-corrected chi connectivity index (χ4v) is 8.91. The molecule has 1 spiro atoms. The molecule has 1 aromatic rings. The molecule has 0 aromatic heterocycles. The van der Waals surface area contributed by atoms with Gasteiger partial charge in [-0.1, -0.05) is 84.6 Å². The van der Waals surface area contributed by atoms with Crippen molar-refractivity contribution in [2.45, 2.75) is 119 Å². The number of nitrogens with zero attached hydrogens (tertiary/aromatic N) is 2. The molecular formula is C38H54BrN3O7. The Labute approximate surface area is 299 Å². The summed E-state index contributed by atoms with van der Waals surface area (Å²) in [6.07, 6.45) is 7.68. The Bertz CT molecular complexity index is 1330. The number of allylic oxidation sites excluding steroid dienone is 1. The molecule has 2 N–H and O–H groups in total. The summed E-state index contributed by atoms with van der Waals surface area (Å²) in [5, 5.41) is 12.2. The summed E-state index contributed by atoms with van der Waals surface area (Å²) in [4.78, 5) is 59.5. The van der Waals surface area contributed by atoms with Gasteiger partial charge < -0.3 is 29.7 Å². The lowest BCUT2D eigenvalue weighted by Gasteiger charge is -2.39. The fraction of sp³-hybridized carbons (Fsp3) is 0.632. The van der Waals surface area contributed by atoms with Crippen LogP contribution in [-0.2, 0) is 28.7 Å². The van der Waals surface area contributed by atoms with Crippen molar-refractivity contribution in [2.24, 2.45) is 11.8 Å². The highest BCUT2D eigenvalue weighted by atomic mass is 79.9. The fourth-order valence-electron chi connectivity index (χ4n) is 7.96. The first-order valence-corrected chi connectivity index (χ1v) is 18.8. The van der Waals surface area contributed by atoms with E-state index in [0.717, 1.165) is 25.7 Å². The van der Waals surface area contributed by atoms with Crippen LogP contribution < -0.4 is 5.32 Å². The first-order valence-electron chi connectivity index (χ1n) is 17.9. The van der Waals surface area contributed by atoms with Crippen molar-refractivity contribution in [3.05, 3.63) is 61.2 Å². The second-order valence-corrected chi connectivity index (χ2v) is 14.9. The van der Waals surface area contributed by atoms with E-state index in [-0.39, 0.29) is 41.6 Å². The number of nitrogens with one attached hydrogen (secondary N) is 1. The molecule has 0 aliphatic carbocycles. The van der Waals surface area contributed by atoms with Gasteiger partial charge in [-0.05, 0) is 51.5 Å². The average Bonchev–Trinajstić information content (AvgIpc) is 3.68. The second kappa shape index (κ2) is 17.8. The zero-order chi connectivity index (χ0) is 35.7. The maximum atomic E-state index is 14.7. The predicted octanol–water partition coefficient (Wildman–Crippen LogP) is 5.25. The molecule has 4 rings (SSSR count). The number of aliphatic hydroxyl groups is 1. The Morgan fingerprint density at radius 1 is 1.16 bits per heavy atom. The Balaban J connectivity index is 1.68. The van der Waals surface area contributed by atoms with Gasteiger partial charge in [0.15, 0.2) is 0 Å². The first kappa shape index (κ1) is 38.8. The number of rotatable bonds is 20. The van der Waals surface area contributed by atoms with Gasteiger partial charge in [0.1, 0.15) is 17.7 Å². The number of ether oxygens (including phenoxy) is 2. The third-order valence-corrected chi connectivity index (χ3v) is 11.1. The van der Waals surface area contributed by atoms with Crippen LogP contribution in [0, 0.1) is 11.8 Å². The second-order valence-electron chi connectivity index (χ2n) is 13.7. The van der Waals surface area contributed by atoms with Gasteiger partial charge in [0.2, 0.25) is 17.7 Å². The summed E-state index contributed by atoms with van der Waals surface area (Å²) in [5.74, 6) is -3.08. The van der Waals surface area contributed by atoms with Gasteiger partial charge in [-0.15, -0.1) is 13.2 Å². The van der Waals surface area contributed by atoms with Crippen molar-refractivity contribution < 1.29 is 33.8 Å². The molecular weight excluding hydrogens is 690 g/mol. The van der Waals surface area contributed by atoms with E-state index in [0.29, 0.717) is 44.3 Å². The van der Waals surface area contributed by atoms with Crippen molar-refractivity contribution in [3.63, 3.8) is 0 Å². The number of aliphatic hydroxyl groups excluding tert-OH is 1. The van der Waals surface area contributed by atoms with E-state index >= 15 is 0 Å². The summed E-state index contributed by atoms with van der Waals surface area (Å²) in [5.41, 5.74) is -0.498. The standard InChI is InChI=1S/C38H54BrN3O7/c1-6-9-20-29(44)40-26(5)32(27-18-13-12-14-19-27)48-37(47)30-31-35(45)42(22-15-10-11-16-23-43)34(38(31)24-28(39)33(30)49-38)36(46)41(21-8-3)25(4)17-7-2/h6,8,12-14,18-19,25-26,28,30-34,43H,1,3,7,9-11,15-17,20-24H2,2,4-5H3,(H,40,44)/t25?,26-,28?,30+,31-,32-,33+,34+,38-/m0/s1. The van der Waals surface area contributed by atoms with E-state index in [9.17, 15) is 24.3 Å². The Kier molecular flexibility index (Phi) is 14.1. The van der Waals surface area contributed by atoms with Crippen molar-refractivity contribution in [2.75, 3.05) is 19.7 Å². The highest BCUT2D eigenvalue weighted by Crippen LogP contribution is 2.60. The zero-order valence-corrected chi connectivity index (χ0v) is 30.8. The van der Waals surface area contributed by atoms with Gasteiger partial charge in [0.25, 0.3) is 0 Å². The van der Waals surface area contributed by atoms with E-state index in [2.05, 4.69) is 41.3 Å². The van der Waals surface area contributed by atoms with Crippen LogP contribution in [0.25, 0.3) is 0 Å². The van der Waals surface area contributed by atoms with Gasteiger partial charge in [-0.25, -0.2) is 0 Å². The molecule has 9 atom stereocenters. The number of halogens is 1. The average molecular weight is 745 g/mol. The maximum Gasteiger partial charge on any atom is 0.313 e. The molecule has 11 heteroatoms. The maximum absolute atomic E-state index is 14.7. The summed E-state index contributed by atoms with van der Waals surface area (Å²) >= 11 is 3.76. The molecule has 3 aliphatic heterocycles. The summed E-state index contributed by atoms with van der Waals surface area (Å²) in [7, 11) is 0. The quantitative estimate of drug-likeness (QED) is 0.0810. The van der Waals surface area contributed by atoms with Gasteiger partial charge in [-0.2, -0.15) is 0 Å². The molecule has 3 fully saturated rings. The van der Waals surface area contributed by atoms with Gasteiger partial charge >= 0.3 is 5.97 Å². The highest BCUT2D eigenvalue weighted by Gasteiger charge is 2.77. The molecule has 3 saturated heterocycles. The minimum atomic E-state index is -1.21. The normalized spacial score (nSPS) is 27.2. The molecule has 1 aromatic carbocycles. The lowest BCUT2D eigenvalue weighted by Crippen LogP contribution is -2.58. The van der Waals surface area contributed by atoms with E-state index in [4.69, 9.17) is 9.47 Å². The Morgan fingerprint density at radius 2 is 1.88 bits per heavy atom. The summed E-state index contributed by atoms with van der Waals surface area (Å²) in [6, 6.07) is 7.69. The number of carbonyl (C=O) groups is 4. The van der Waals surface area contributed by atoms with Crippen molar-refractivity contribution in [1.29, 1.82) is 0 Å². The van der Waals surface area contributed by atoms with Crippen molar-refractivity contribution in [3.8, 4) is 0 Å². The van der Waals surface area contributed by atoms with E-state index in [1.807, 2.05) is 37.3 Å². The Hall–Kier alpha value is -3.02. The van der Waals surface area contributed by atoms with E-state index in [1.54, 1.807) is 28.9 Å². The van der Waals surface area contributed by atoms with Crippen LogP contribution in [0.15, 0.2) is 55.6 Å². The van der Waals surface area contributed by atoms with Gasteiger partial charge in [0, 0.05) is 37.0 Å². The minimum absolute atomic E-state index is 0.0820. The number of benzene rings is 1. The number of likely N-dealkylation sites (tertiary alicyclic amines) is 1. The molecule has 3 amide bonds. The van der Waals surface area contributed by atoms with E-state index < -0.39 is 47.7 Å². The third kappa shape index (κ3) is 8.31. The molecule has 2 unspecified atom stereocenters. The summed E-state index contributed by atoms with van der Waals surface area (Å²) in [6.45, 7) is 14.2. The monoisotopic (exact) mass is 743 g/mol. The number of unbranched alkanes of at least 4 members (excludes halogenated alkanes) is 3. The van der Waals surface area contributed by atoms with Crippen LogP contribution in [0.4, 0.5) is 0 Å². The largest absolute Gasteiger partial charge is 0.455 e. The first-order chi connectivity index (χ1) is 23.6. The van der Waals surface area contributed by atoms with Gasteiger partial charge in [-0.3, -0.25) is 19.2 Å². The predicted molar refractivity (Wildman–Crippen MR) is 192 cm³/mol. The van der Waals surface area contributed by atoms with Gasteiger partial charge in [0.05, 0.1) is 24.0 Å². The van der Waals surface area contributed by atoms with Crippen molar-refractivity contribution in [1.82, 2.24) is 15.1 Å². The van der Waals surface area contributed by atoms with E-state index in [1.165, 1.54) is 0 Å². The lowest BCUT2D eigenvalue weighted by atomic mass is 9.70. The smallest absolute Gasteiger partial charge is 0.313 e. The molecule has 270 valence electrons. The van der Waals surface area contributed by atoms with Crippen molar-refractivity contribution >= 4 is 39.6 Å². The lowest BCUT2D eigenvalue weighted by molar-refractivity contribution is -0.162. The molecule has 3 aliphatic rings. The highest BCUT2D eigenvalue weighted by molar-refractivity contribution is 9.09. The molecule has 0 saturated carbocycles. The minimum Gasteiger partial charge on any atom is -0.455 e. The molecule has 2 bridgehead atoms. The number of esters is 1. The SMILES string of the molecule is C=CCCC(=O)N[C@@H](C)[C@H](OC(=O)[C@H]1[C@@H]2O[C@@]3(CC2Br)[C@@H]1C(=O)N(CCCCCCO)[C@@H]3C(=O)N(CC=C)C(C)CCC)c1ccccc1. The van der Waals surface area contributed by atoms with Crippen LogP contribution in [0.2, 0.25) is 0 Å². The van der Waals surface area contributed by atoms with Crippen LogP contribution in [0.1, 0.15) is 90.2 Å². The zero-order valence-electron chi connectivity index (χ0n) is 29.2. The molecule has 10 nitrogen and oxygen atoms in total. The van der Waals surface area contributed by atoms with Crippen LogP contribution in [0.5, 0.6) is 0 Å². The molecule has 0 radical (unpaired) electrons. The number of carbonyl (C=O) groups excluding carboxylic acids is 4. The number of fused-ring (bicyclic) bond motifs is 1. The van der Waals surface area contributed by atoms with Crippen LogP contribution in [-0.4, -0.2) is 93.0 Å². The summed E-state index contributed by atoms with van der Waals surface area (Å²) < 4.78 is 13.0. The number of hydrogen-bond acceptors (Lipinski definition) is 7.